The molecule has 0 aliphatic carbocycles. The zero-order chi connectivity index (χ0) is 19.8. The number of fused-ring (bicyclic) bond motifs is 2. The quantitative estimate of drug-likeness (QED) is 0.412. The van der Waals surface area contributed by atoms with Crippen LogP contribution in [0.15, 0.2) is 69.6 Å². The van der Waals surface area contributed by atoms with Gasteiger partial charge in [0.15, 0.2) is 0 Å². The Balaban J connectivity index is 1.54. The van der Waals surface area contributed by atoms with E-state index in [1.807, 2.05) is 31.3 Å². The van der Waals surface area contributed by atoms with Gasteiger partial charge >= 0.3 is 0 Å². The molecule has 1 aliphatic rings. The number of allylic oxidation sites excluding steroid dienone is 4. The van der Waals surface area contributed by atoms with Gasteiger partial charge in [0.2, 0.25) is 5.52 Å². The van der Waals surface area contributed by atoms with Crippen LogP contribution in [0.4, 0.5) is 5.69 Å². The van der Waals surface area contributed by atoms with Gasteiger partial charge in [0.1, 0.15) is 17.5 Å². The summed E-state index contributed by atoms with van der Waals surface area (Å²) >= 11 is 9.80. The minimum Gasteiger partial charge on any atom is -0.508 e. The van der Waals surface area contributed by atoms with Crippen molar-refractivity contribution in [2.24, 2.45) is 7.05 Å². The second-order valence-corrected chi connectivity index (χ2v) is 9.23. The average molecular weight is 428 g/mol. The number of rotatable bonds is 3. The lowest BCUT2D eigenvalue weighted by atomic mass is 10.2. The molecular weight excluding hydrogens is 408 g/mol. The Morgan fingerprint density at radius 3 is 2.86 bits per heavy atom. The van der Waals surface area contributed by atoms with E-state index in [-0.39, 0.29) is 5.75 Å². The third kappa shape index (κ3) is 3.70. The number of hydrogen-bond donors (Lipinski definition) is 1. The van der Waals surface area contributed by atoms with Gasteiger partial charge in [0.25, 0.3) is 5.01 Å². The Morgan fingerprint density at radius 1 is 1.21 bits per heavy atom. The summed E-state index contributed by atoms with van der Waals surface area (Å²) in [6.07, 6.45) is 7.88. The van der Waals surface area contributed by atoms with Gasteiger partial charge in [-0.1, -0.05) is 40.8 Å². The van der Waals surface area contributed by atoms with Gasteiger partial charge < -0.3 is 10.0 Å². The van der Waals surface area contributed by atoms with Gasteiger partial charge in [-0.25, -0.2) is 0 Å². The summed E-state index contributed by atoms with van der Waals surface area (Å²) in [6, 6.07) is 11.9. The van der Waals surface area contributed by atoms with Crippen molar-refractivity contribution in [3.63, 3.8) is 0 Å². The number of aromatic hydroxyl groups is 1. The number of phenols is 1. The maximum Gasteiger partial charge on any atom is 0.262 e. The monoisotopic (exact) mass is 427 g/mol. The number of benzene rings is 2. The number of thiazole rings is 1. The summed E-state index contributed by atoms with van der Waals surface area (Å²) in [6.45, 7) is 2.11. The summed E-state index contributed by atoms with van der Waals surface area (Å²) in [5, 5.41) is 12.5. The van der Waals surface area contributed by atoms with Gasteiger partial charge in [-0.2, -0.15) is 4.57 Å². The van der Waals surface area contributed by atoms with Crippen LogP contribution in [0.25, 0.3) is 16.3 Å². The van der Waals surface area contributed by atoms with E-state index >= 15 is 0 Å². The zero-order valence-corrected chi connectivity index (χ0v) is 18.2. The molecule has 0 radical (unpaired) electrons. The summed E-state index contributed by atoms with van der Waals surface area (Å²) in [7, 11) is 4.09. The molecule has 142 valence electrons. The smallest absolute Gasteiger partial charge is 0.262 e. The van der Waals surface area contributed by atoms with Crippen LogP contribution in [-0.4, -0.2) is 12.2 Å². The predicted molar refractivity (Wildman–Crippen MR) is 121 cm³/mol. The van der Waals surface area contributed by atoms with Gasteiger partial charge in [-0.05, 0) is 55.0 Å². The molecule has 1 N–H and O–H groups in total. The first-order valence-electron chi connectivity index (χ1n) is 8.82. The van der Waals surface area contributed by atoms with E-state index in [1.165, 1.54) is 15.8 Å². The van der Waals surface area contributed by atoms with E-state index in [2.05, 4.69) is 47.7 Å². The zero-order valence-electron chi connectivity index (χ0n) is 15.8. The van der Waals surface area contributed by atoms with Crippen molar-refractivity contribution < 1.29 is 9.67 Å². The Labute approximate surface area is 177 Å². The fourth-order valence-electron chi connectivity index (χ4n) is 3.09. The molecular formula is C22H20ClN2OS2+. The van der Waals surface area contributed by atoms with Gasteiger partial charge in [-0.3, -0.25) is 0 Å². The van der Waals surface area contributed by atoms with Crippen LogP contribution in [0, 0.1) is 6.92 Å². The highest BCUT2D eigenvalue weighted by Crippen LogP contribution is 2.46. The first-order chi connectivity index (χ1) is 13.4. The first kappa shape index (κ1) is 19.1. The lowest BCUT2D eigenvalue weighted by molar-refractivity contribution is -0.642. The third-order valence-electron chi connectivity index (χ3n) is 4.64. The highest BCUT2D eigenvalue weighted by Gasteiger charge is 2.21. The molecule has 0 unspecified atom stereocenters. The average Bonchev–Trinajstić information content (AvgIpc) is 3.14. The summed E-state index contributed by atoms with van der Waals surface area (Å²) in [4.78, 5) is 3.14. The normalized spacial score (nSPS) is 15.9. The van der Waals surface area contributed by atoms with Gasteiger partial charge in [-0.15, -0.1) is 0 Å². The maximum absolute atomic E-state index is 9.66. The highest BCUT2D eigenvalue weighted by molar-refractivity contribution is 8.03. The van der Waals surface area contributed by atoms with Crippen LogP contribution in [-0.2, 0) is 7.05 Å². The van der Waals surface area contributed by atoms with Crippen molar-refractivity contribution in [1.29, 1.82) is 0 Å². The number of anilines is 1. The highest BCUT2D eigenvalue weighted by atomic mass is 35.5. The lowest BCUT2D eigenvalue weighted by Gasteiger charge is -2.12. The topological polar surface area (TPSA) is 27.3 Å². The predicted octanol–water partition coefficient (Wildman–Crippen LogP) is 5.96. The molecule has 0 fully saturated rings. The first-order valence-corrected chi connectivity index (χ1v) is 10.8. The number of halogens is 1. The second kappa shape index (κ2) is 7.66. The molecule has 1 aromatic heterocycles. The van der Waals surface area contributed by atoms with Crippen molar-refractivity contribution in [3.8, 4) is 5.75 Å². The third-order valence-corrected chi connectivity index (χ3v) is 7.23. The summed E-state index contributed by atoms with van der Waals surface area (Å²) in [5.74, 6) is 0.281. The van der Waals surface area contributed by atoms with E-state index in [0.717, 1.165) is 20.6 Å². The molecule has 3 nitrogen and oxygen atoms in total. The molecule has 28 heavy (non-hydrogen) atoms. The molecule has 4 rings (SSSR count). The van der Waals surface area contributed by atoms with Crippen LogP contribution in [0.1, 0.15) is 10.6 Å². The fourth-order valence-corrected chi connectivity index (χ4v) is 5.45. The van der Waals surface area contributed by atoms with Crippen LogP contribution in [0.5, 0.6) is 5.75 Å². The fraction of sp³-hybridized carbons (Fsp3) is 0.136. The molecule has 2 aromatic carbocycles. The molecule has 0 saturated carbocycles. The van der Waals surface area contributed by atoms with Crippen molar-refractivity contribution in [2.45, 2.75) is 11.8 Å². The number of thioether (sulfide) groups is 1. The van der Waals surface area contributed by atoms with Crippen LogP contribution >= 0.6 is 34.7 Å². The Kier molecular flexibility index (Phi) is 5.23. The van der Waals surface area contributed by atoms with Crippen molar-refractivity contribution in [1.82, 2.24) is 0 Å². The maximum atomic E-state index is 9.66. The second-order valence-electron chi connectivity index (χ2n) is 6.67. The molecule has 6 heteroatoms. The molecule has 3 aromatic rings. The van der Waals surface area contributed by atoms with Crippen molar-refractivity contribution >= 4 is 56.7 Å². The Bertz CT molecular complexity index is 1160. The molecule has 1 aliphatic heterocycles. The van der Waals surface area contributed by atoms with E-state index in [4.69, 9.17) is 11.6 Å². The van der Waals surface area contributed by atoms with E-state index < -0.39 is 0 Å². The number of aromatic nitrogens is 1. The number of phenolic OH excluding ortho intramolecular Hbond substituents is 1. The molecule has 0 saturated heterocycles. The van der Waals surface area contributed by atoms with E-state index in [0.29, 0.717) is 5.03 Å². The lowest BCUT2D eigenvalue weighted by Crippen LogP contribution is -2.28. The molecule has 0 spiro atoms. The van der Waals surface area contributed by atoms with E-state index in [9.17, 15) is 5.11 Å². The number of aryl methyl sites for hydroxylation is 2. The Morgan fingerprint density at radius 2 is 2.04 bits per heavy atom. The molecule has 0 amide bonds. The summed E-state index contributed by atoms with van der Waals surface area (Å²) in [5.41, 5.74) is 3.58. The minimum atomic E-state index is 0.281. The van der Waals surface area contributed by atoms with E-state index in [1.54, 1.807) is 35.2 Å². The van der Waals surface area contributed by atoms with Crippen molar-refractivity contribution in [3.05, 3.63) is 75.3 Å². The standard InChI is InChI=1S/C22H19ClN2OS2/c1-14-4-8-17-19(12-14)27-21(24(17)2)10-5-15(23)6-11-22-25(3)18-9-7-16(26)13-20(18)28-22/h4-13H,1-3H3/p+1. The molecule has 0 atom stereocenters. The largest absolute Gasteiger partial charge is 0.508 e. The van der Waals surface area contributed by atoms with Gasteiger partial charge in [0, 0.05) is 29.1 Å². The SMILES string of the molecule is Cc1ccc2c(c1)sc(C=CC(Cl)=CC=C1Sc3cc(O)ccc3N1C)[n+]2C. The van der Waals surface area contributed by atoms with Crippen LogP contribution in [0.3, 0.4) is 0 Å². The van der Waals surface area contributed by atoms with Gasteiger partial charge in [0.05, 0.1) is 10.7 Å². The summed E-state index contributed by atoms with van der Waals surface area (Å²) < 4.78 is 3.46. The number of nitrogens with zero attached hydrogens (tertiary/aromatic N) is 2. The van der Waals surface area contributed by atoms with Crippen LogP contribution in [0.2, 0.25) is 0 Å². The van der Waals surface area contributed by atoms with Crippen molar-refractivity contribution in [2.75, 3.05) is 11.9 Å². The molecule has 2 heterocycles. The number of hydrogen-bond acceptors (Lipinski definition) is 4. The Hall–Kier alpha value is -2.21. The minimum absolute atomic E-state index is 0.281. The molecule has 0 bridgehead atoms. The van der Waals surface area contributed by atoms with Crippen LogP contribution < -0.4 is 9.47 Å².